The normalized spacial score (nSPS) is 30.0. The van der Waals surface area contributed by atoms with Crippen LogP contribution in [0.4, 0.5) is 11.4 Å². The fourth-order valence-corrected chi connectivity index (χ4v) is 2.88. The Hall–Kier alpha value is -1.18. The molecule has 0 heterocycles. The van der Waals surface area contributed by atoms with Crippen LogP contribution in [-0.4, -0.2) is 6.04 Å². The third kappa shape index (κ3) is 2.91. The van der Waals surface area contributed by atoms with Crippen molar-refractivity contribution in [3.8, 4) is 0 Å². The first-order chi connectivity index (χ1) is 7.63. The van der Waals surface area contributed by atoms with Gasteiger partial charge in [-0.2, -0.15) is 0 Å². The quantitative estimate of drug-likeness (QED) is 0.745. The monoisotopic (exact) mass is 218 g/mol. The molecule has 0 amide bonds. The van der Waals surface area contributed by atoms with E-state index in [0.717, 1.165) is 17.5 Å². The Kier molecular flexibility index (Phi) is 3.37. The summed E-state index contributed by atoms with van der Waals surface area (Å²) in [5, 5.41) is 3.61. The Balaban J connectivity index is 1.96. The van der Waals surface area contributed by atoms with Crippen molar-refractivity contribution in [1.82, 2.24) is 0 Å². The van der Waals surface area contributed by atoms with E-state index in [1.165, 1.54) is 24.9 Å². The number of nitrogen functional groups attached to an aromatic ring is 1. The molecule has 2 rings (SSSR count). The average molecular weight is 218 g/mol. The van der Waals surface area contributed by atoms with Crippen LogP contribution < -0.4 is 11.1 Å². The van der Waals surface area contributed by atoms with Crippen molar-refractivity contribution in [2.45, 2.75) is 39.2 Å². The molecule has 2 unspecified atom stereocenters. The topological polar surface area (TPSA) is 38.0 Å². The van der Waals surface area contributed by atoms with Crippen LogP contribution in [0.1, 0.15) is 33.1 Å². The minimum absolute atomic E-state index is 0.627. The van der Waals surface area contributed by atoms with Gasteiger partial charge in [0.25, 0.3) is 0 Å². The van der Waals surface area contributed by atoms with Gasteiger partial charge >= 0.3 is 0 Å². The SMILES string of the molecule is CC1CC(C)CC(Nc2ccc(N)cc2)C1. The summed E-state index contributed by atoms with van der Waals surface area (Å²) in [5.74, 6) is 1.69. The predicted octanol–water partition coefficient (Wildman–Crippen LogP) is 3.51. The molecule has 1 aromatic carbocycles. The summed E-state index contributed by atoms with van der Waals surface area (Å²) < 4.78 is 0. The molecule has 0 radical (unpaired) electrons. The smallest absolute Gasteiger partial charge is 0.0343 e. The summed E-state index contributed by atoms with van der Waals surface area (Å²) in [6.07, 6.45) is 3.95. The lowest BCUT2D eigenvalue weighted by Gasteiger charge is -2.32. The maximum atomic E-state index is 5.68. The van der Waals surface area contributed by atoms with E-state index in [0.29, 0.717) is 6.04 Å². The summed E-state index contributed by atoms with van der Waals surface area (Å²) in [7, 11) is 0. The van der Waals surface area contributed by atoms with Gasteiger partial charge in [0.05, 0.1) is 0 Å². The molecule has 0 bridgehead atoms. The molecule has 1 saturated carbocycles. The highest BCUT2D eigenvalue weighted by atomic mass is 14.9. The van der Waals surface area contributed by atoms with Crippen molar-refractivity contribution in [1.29, 1.82) is 0 Å². The summed E-state index contributed by atoms with van der Waals surface area (Å²) in [5.41, 5.74) is 7.70. The molecule has 1 fully saturated rings. The molecule has 3 N–H and O–H groups in total. The minimum Gasteiger partial charge on any atom is -0.399 e. The van der Waals surface area contributed by atoms with E-state index in [2.05, 4.69) is 31.3 Å². The second kappa shape index (κ2) is 4.77. The van der Waals surface area contributed by atoms with Crippen LogP contribution in [0.15, 0.2) is 24.3 Å². The predicted molar refractivity (Wildman–Crippen MR) is 70.4 cm³/mol. The zero-order valence-corrected chi connectivity index (χ0v) is 10.2. The molecule has 1 aliphatic carbocycles. The first kappa shape index (κ1) is 11.3. The van der Waals surface area contributed by atoms with E-state index < -0.39 is 0 Å². The second-order valence-corrected chi connectivity index (χ2v) is 5.38. The largest absolute Gasteiger partial charge is 0.399 e. The second-order valence-electron chi connectivity index (χ2n) is 5.38. The number of benzene rings is 1. The third-order valence-corrected chi connectivity index (χ3v) is 3.46. The van der Waals surface area contributed by atoms with E-state index in [-0.39, 0.29) is 0 Å². The van der Waals surface area contributed by atoms with Gasteiger partial charge in [0.2, 0.25) is 0 Å². The Morgan fingerprint density at radius 1 is 1.00 bits per heavy atom. The van der Waals surface area contributed by atoms with Crippen LogP contribution in [0.2, 0.25) is 0 Å². The van der Waals surface area contributed by atoms with Crippen LogP contribution in [-0.2, 0) is 0 Å². The maximum Gasteiger partial charge on any atom is 0.0343 e. The maximum absolute atomic E-state index is 5.68. The van der Waals surface area contributed by atoms with Gasteiger partial charge in [-0.15, -0.1) is 0 Å². The Labute approximate surface area is 98.2 Å². The fourth-order valence-electron chi connectivity index (χ4n) is 2.88. The van der Waals surface area contributed by atoms with Crippen molar-refractivity contribution < 1.29 is 0 Å². The standard InChI is InChI=1S/C14H22N2/c1-10-7-11(2)9-14(8-10)16-13-5-3-12(15)4-6-13/h3-6,10-11,14,16H,7-9,15H2,1-2H3. The molecule has 1 aromatic rings. The molecule has 16 heavy (non-hydrogen) atoms. The number of hydrogen-bond acceptors (Lipinski definition) is 2. The summed E-state index contributed by atoms with van der Waals surface area (Å²) >= 11 is 0. The molecule has 1 aliphatic rings. The van der Waals surface area contributed by atoms with Gasteiger partial charge in [-0.05, 0) is 55.4 Å². The average Bonchev–Trinajstić information content (AvgIpc) is 2.20. The third-order valence-electron chi connectivity index (χ3n) is 3.46. The Morgan fingerprint density at radius 3 is 2.12 bits per heavy atom. The lowest BCUT2D eigenvalue weighted by molar-refractivity contribution is 0.281. The highest BCUT2D eigenvalue weighted by molar-refractivity contribution is 5.51. The zero-order valence-electron chi connectivity index (χ0n) is 10.2. The van der Waals surface area contributed by atoms with Crippen LogP contribution in [0, 0.1) is 11.8 Å². The fraction of sp³-hybridized carbons (Fsp3) is 0.571. The molecule has 88 valence electrons. The lowest BCUT2D eigenvalue weighted by atomic mass is 9.80. The molecule has 2 atom stereocenters. The van der Waals surface area contributed by atoms with Crippen molar-refractivity contribution in [3.05, 3.63) is 24.3 Å². The van der Waals surface area contributed by atoms with Gasteiger partial charge in [-0.1, -0.05) is 13.8 Å². The van der Waals surface area contributed by atoms with Gasteiger partial charge in [-0.3, -0.25) is 0 Å². The van der Waals surface area contributed by atoms with Gasteiger partial charge in [0.1, 0.15) is 0 Å². The molecule has 0 aliphatic heterocycles. The van der Waals surface area contributed by atoms with Crippen LogP contribution in [0.3, 0.4) is 0 Å². The van der Waals surface area contributed by atoms with Crippen molar-refractivity contribution in [3.63, 3.8) is 0 Å². The van der Waals surface area contributed by atoms with Gasteiger partial charge in [0.15, 0.2) is 0 Å². The molecular formula is C14H22N2. The first-order valence-electron chi connectivity index (χ1n) is 6.25. The van der Waals surface area contributed by atoms with Crippen molar-refractivity contribution in [2.75, 3.05) is 11.1 Å². The van der Waals surface area contributed by atoms with Crippen molar-refractivity contribution in [2.24, 2.45) is 11.8 Å². The van der Waals surface area contributed by atoms with Gasteiger partial charge < -0.3 is 11.1 Å². The molecule has 2 nitrogen and oxygen atoms in total. The number of anilines is 2. The first-order valence-corrected chi connectivity index (χ1v) is 6.25. The summed E-state index contributed by atoms with van der Waals surface area (Å²) in [4.78, 5) is 0. The molecular weight excluding hydrogens is 196 g/mol. The highest BCUT2D eigenvalue weighted by Crippen LogP contribution is 2.30. The number of hydrogen-bond donors (Lipinski definition) is 2. The molecule has 0 aromatic heterocycles. The van der Waals surface area contributed by atoms with Crippen LogP contribution >= 0.6 is 0 Å². The van der Waals surface area contributed by atoms with E-state index in [9.17, 15) is 0 Å². The highest BCUT2D eigenvalue weighted by Gasteiger charge is 2.23. The van der Waals surface area contributed by atoms with Crippen molar-refractivity contribution >= 4 is 11.4 Å². The van der Waals surface area contributed by atoms with Crippen LogP contribution in [0.25, 0.3) is 0 Å². The molecule has 2 heteroatoms. The van der Waals surface area contributed by atoms with Gasteiger partial charge in [-0.25, -0.2) is 0 Å². The Bertz CT molecular complexity index is 321. The zero-order chi connectivity index (χ0) is 11.5. The number of rotatable bonds is 2. The van der Waals surface area contributed by atoms with Crippen LogP contribution in [0.5, 0.6) is 0 Å². The van der Waals surface area contributed by atoms with E-state index in [4.69, 9.17) is 5.73 Å². The van der Waals surface area contributed by atoms with E-state index in [1.807, 2.05) is 12.1 Å². The van der Waals surface area contributed by atoms with E-state index in [1.54, 1.807) is 0 Å². The summed E-state index contributed by atoms with van der Waals surface area (Å²) in [6, 6.07) is 8.68. The van der Waals surface area contributed by atoms with Gasteiger partial charge in [0, 0.05) is 17.4 Å². The minimum atomic E-state index is 0.627. The lowest BCUT2D eigenvalue weighted by Crippen LogP contribution is -2.30. The molecule has 0 spiro atoms. The number of nitrogens with one attached hydrogen (secondary N) is 1. The van der Waals surface area contributed by atoms with E-state index >= 15 is 0 Å². The number of nitrogens with two attached hydrogens (primary N) is 1. The molecule has 0 saturated heterocycles. The Morgan fingerprint density at radius 2 is 1.56 bits per heavy atom. The summed E-state index contributed by atoms with van der Waals surface area (Å²) in [6.45, 7) is 4.71.